The van der Waals surface area contributed by atoms with Crippen molar-refractivity contribution in [3.8, 4) is 17.2 Å². The van der Waals surface area contributed by atoms with Crippen LogP contribution < -0.4 is 18.9 Å². The summed E-state index contributed by atoms with van der Waals surface area (Å²) in [6.45, 7) is -0.121. The molecule has 2 aromatic carbocycles. The smallest absolute Gasteiger partial charge is 0.231 e. The molecule has 6 nitrogen and oxygen atoms in total. The first-order valence-corrected chi connectivity index (χ1v) is 9.52. The number of ether oxygens (including phenoxy) is 3. The molecule has 0 saturated heterocycles. The van der Waals surface area contributed by atoms with Gasteiger partial charge in [0.25, 0.3) is 0 Å². The first-order valence-electron chi connectivity index (χ1n) is 7.87. The molecule has 3 rings (SSSR count). The van der Waals surface area contributed by atoms with Crippen molar-refractivity contribution >= 4 is 10.0 Å². The summed E-state index contributed by atoms with van der Waals surface area (Å²) in [4.78, 5) is 0. The summed E-state index contributed by atoms with van der Waals surface area (Å²) < 4.78 is 69.0. The van der Waals surface area contributed by atoms with Gasteiger partial charge in [0.1, 0.15) is 17.4 Å². The average molecular weight is 385 g/mol. The van der Waals surface area contributed by atoms with Crippen LogP contribution in [0.3, 0.4) is 0 Å². The van der Waals surface area contributed by atoms with Crippen LogP contribution in [0.1, 0.15) is 12.0 Å². The van der Waals surface area contributed by atoms with E-state index in [9.17, 15) is 17.2 Å². The number of hydrogen-bond donors (Lipinski definition) is 1. The number of fused-ring (bicyclic) bond motifs is 1. The molecule has 0 bridgehead atoms. The van der Waals surface area contributed by atoms with Gasteiger partial charge in [-0.25, -0.2) is 21.9 Å². The third-order valence-electron chi connectivity index (χ3n) is 3.70. The Morgan fingerprint density at radius 3 is 2.58 bits per heavy atom. The molecular weight excluding hydrogens is 368 g/mol. The molecule has 1 aliphatic rings. The first kappa shape index (κ1) is 18.4. The van der Waals surface area contributed by atoms with Gasteiger partial charge in [0.15, 0.2) is 11.5 Å². The summed E-state index contributed by atoms with van der Waals surface area (Å²) in [7, 11) is -3.69. The summed E-state index contributed by atoms with van der Waals surface area (Å²) in [5.74, 6) is -0.0768. The number of rotatable bonds is 8. The standard InChI is InChI=1S/C17H17F2NO5S/c18-14-3-1-4-15(19)13(14)10-20-26(21,22)8-2-7-23-12-5-6-16-17(9-12)25-11-24-16/h1,3-6,9,20H,2,7-8,10-11H2. The lowest BCUT2D eigenvalue weighted by atomic mass is 10.2. The molecule has 0 aliphatic carbocycles. The van der Waals surface area contributed by atoms with E-state index in [1.807, 2.05) is 0 Å². The minimum absolute atomic E-state index is 0.158. The lowest BCUT2D eigenvalue weighted by Crippen LogP contribution is -2.27. The third-order valence-corrected chi connectivity index (χ3v) is 5.11. The Morgan fingerprint density at radius 2 is 1.81 bits per heavy atom. The number of nitrogens with one attached hydrogen (secondary N) is 1. The van der Waals surface area contributed by atoms with Gasteiger partial charge in [-0.2, -0.15) is 0 Å². The van der Waals surface area contributed by atoms with Crippen LogP contribution in [0.5, 0.6) is 17.2 Å². The summed E-state index contributed by atoms with van der Waals surface area (Å²) in [6, 6.07) is 8.43. The Kier molecular flexibility index (Phi) is 5.58. The molecule has 26 heavy (non-hydrogen) atoms. The Balaban J connectivity index is 1.45. The maximum absolute atomic E-state index is 13.5. The fourth-order valence-corrected chi connectivity index (χ4v) is 3.37. The number of sulfonamides is 1. The van der Waals surface area contributed by atoms with Crippen LogP contribution in [0, 0.1) is 11.6 Å². The zero-order chi connectivity index (χ0) is 18.6. The maximum Gasteiger partial charge on any atom is 0.231 e. The average Bonchev–Trinajstić information content (AvgIpc) is 3.06. The summed E-state index contributed by atoms with van der Waals surface area (Å²) >= 11 is 0. The van der Waals surface area contributed by atoms with Gasteiger partial charge in [0.05, 0.1) is 12.4 Å². The molecule has 9 heteroatoms. The fourth-order valence-electron chi connectivity index (χ4n) is 2.36. The van der Waals surface area contributed by atoms with Gasteiger partial charge in [-0.1, -0.05) is 6.07 Å². The monoisotopic (exact) mass is 385 g/mol. The zero-order valence-corrected chi connectivity index (χ0v) is 14.5. The summed E-state index contributed by atoms with van der Waals surface area (Å²) in [6.07, 6.45) is 0.212. The van der Waals surface area contributed by atoms with E-state index in [1.165, 1.54) is 6.07 Å². The summed E-state index contributed by atoms with van der Waals surface area (Å²) in [5.41, 5.74) is -0.312. The van der Waals surface area contributed by atoms with Crippen molar-refractivity contribution in [2.45, 2.75) is 13.0 Å². The molecule has 0 fully saturated rings. The van der Waals surface area contributed by atoms with Gasteiger partial charge < -0.3 is 14.2 Å². The Morgan fingerprint density at radius 1 is 1.08 bits per heavy atom. The predicted octanol–water partition coefficient (Wildman–Crippen LogP) is 2.58. The molecule has 1 aliphatic heterocycles. The molecule has 0 saturated carbocycles. The van der Waals surface area contributed by atoms with Crippen molar-refractivity contribution in [2.24, 2.45) is 0 Å². The number of hydrogen-bond acceptors (Lipinski definition) is 5. The predicted molar refractivity (Wildman–Crippen MR) is 89.7 cm³/mol. The largest absolute Gasteiger partial charge is 0.493 e. The van der Waals surface area contributed by atoms with Crippen molar-refractivity contribution in [3.63, 3.8) is 0 Å². The van der Waals surface area contributed by atoms with Crippen LogP contribution in [0.15, 0.2) is 36.4 Å². The third kappa shape index (κ3) is 4.61. The molecule has 0 spiro atoms. The normalized spacial score (nSPS) is 13.0. The Bertz CT molecular complexity index is 868. The van der Waals surface area contributed by atoms with Crippen molar-refractivity contribution in [3.05, 3.63) is 53.6 Å². The van der Waals surface area contributed by atoms with Gasteiger partial charge in [0.2, 0.25) is 16.8 Å². The van der Waals surface area contributed by atoms with Crippen LogP contribution >= 0.6 is 0 Å². The lowest BCUT2D eigenvalue weighted by molar-refractivity contribution is 0.173. The molecule has 1 heterocycles. The van der Waals surface area contributed by atoms with E-state index in [0.29, 0.717) is 17.2 Å². The lowest BCUT2D eigenvalue weighted by Gasteiger charge is -2.09. The highest BCUT2D eigenvalue weighted by Gasteiger charge is 2.15. The van der Waals surface area contributed by atoms with Crippen molar-refractivity contribution in [1.82, 2.24) is 4.72 Å². The Hall–Kier alpha value is -2.39. The van der Waals surface area contributed by atoms with E-state index in [4.69, 9.17) is 14.2 Å². The van der Waals surface area contributed by atoms with E-state index in [1.54, 1.807) is 18.2 Å². The van der Waals surface area contributed by atoms with Crippen molar-refractivity contribution in [1.29, 1.82) is 0 Å². The van der Waals surface area contributed by atoms with Gasteiger partial charge in [-0.05, 0) is 30.7 Å². The molecule has 0 atom stereocenters. The van der Waals surface area contributed by atoms with Gasteiger partial charge in [-0.3, -0.25) is 0 Å². The fraction of sp³-hybridized carbons (Fsp3) is 0.294. The SMILES string of the molecule is O=S(=O)(CCCOc1ccc2c(c1)OCO2)NCc1c(F)cccc1F. The van der Waals surface area contributed by atoms with Gasteiger partial charge in [0, 0.05) is 18.2 Å². The van der Waals surface area contributed by atoms with Gasteiger partial charge in [-0.15, -0.1) is 0 Å². The highest BCUT2D eigenvalue weighted by Crippen LogP contribution is 2.35. The minimum Gasteiger partial charge on any atom is -0.493 e. The maximum atomic E-state index is 13.5. The van der Waals surface area contributed by atoms with E-state index in [2.05, 4.69) is 4.72 Å². The van der Waals surface area contributed by atoms with E-state index >= 15 is 0 Å². The van der Waals surface area contributed by atoms with Crippen molar-refractivity contribution < 1.29 is 31.4 Å². The molecule has 0 radical (unpaired) electrons. The molecule has 140 valence electrons. The van der Waals surface area contributed by atoms with E-state index < -0.39 is 28.2 Å². The quantitative estimate of drug-likeness (QED) is 0.707. The second kappa shape index (κ2) is 7.88. The summed E-state index contributed by atoms with van der Waals surface area (Å²) in [5, 5.41) is 0. The van der Waals surface area contributed by atoms with Crippen LogP contribution in [0.4, 0.5) is 8.78 Å². The van der Waals surface area contributed by atoms with E-state index in [-0.39, 0.29) is 31.1 Å². The van der Waals surface area contributed by atoms with Crippen LogP contribution in [0.25, 0.3) is 0 Å². The van der Waals surface area contributed by atoms with Crippen LogP contribution in [-0.4, -0.2) is 27.6 Å². The van der Waals surface area contributed by atoms with Crippen LogP contribution in [0.2, 0.25) is 0 Å². The number of benzene rings is 2. The molecular formula is C17H17F2NO5S. The Labute approximate surface area is 149 Å². The van der Waals surface area contributed by atoms with Gasteiger partial charge >= 0.3 is 0 Å². The van der Waals surface area contributed by atoms with E-state index in [0.717, 1.165) is 12.1 Å². The highest BCUT2D eigenvalue weighted by molar-refractivity contribution is 7.89. The highest BCUT2D eigenvalue weighted by atomic mass is 32.2. The molecule has 1 N–H and O–H groups in total. The second-order valence-corrected chi connectivity index (χ2v) is 7.48. The topological polar surface area (TPSA) is 73.9 Å². The number of halogens is 2. The molecule has 0 amide bonds. The zero-order valence-electron chi connectivity index (χ0n) is 13.7. The van der Waals surface area contributed by atoms with Crippen LogP contribution in [-0.2, 0) is 16.6 Å². The molecule has 0 unspecified atom stereocenters. The first-order chi connectivity index (χ1) is 12.4. The van der Waals surface area contributed by atoms with Crippen molar-refractivity contribution in [2.75, 3.05) is 19.2 Å². The minimum atomic E-state index is -3.69. The second-order valence-electron chi connectivity index (χ2n) is 5.56. The molecule has 2 aromatic rings. The molecule has 0 aromatic heterocycles.